The largest absolute Gasteiger partial charge is 0.0840 e. The molecule has 0 amide bonds. The standard InChI is InChI=1S/C14H10Cl4/c1-8-4-13(17)10(7-12(8)16)5-9-2-3-11(15)14(18)6-9/h2-4,6-7H,5H2,1H3. The first-order chi connectivity index (χ1) is 8.47. The van der Waals surface area contributed by atoms with E-state index in [0.717, 1.165) is 21.7 Å². The normalized spacial score (nSPS) is 10.7. The molecule has 0 aliphatic carbocycles. The molecular formula is C14H10Cl4. The van der Waals surface area contributed by atoms with Crippen molar-refractivity contribution in [3.8, 4) is 0 Å². The molecule has 4 heteroatoms. The quantitative estimate of drug-likeness (QED) is 0.618. The maximum Gasteiger partial charge on any atom is 0.0595 e. The van der Waals surface area contributed by atoms with Crippen LogP contribution < -0.4 is 0 Å². The maximum atomic E-state index is 6.20. The molecule has 0 N–H and O–H groups in total. The van der Waals surface area contributed by atoms with Gasteiger partial charge in [0.1, 0.15) is 0 Å². The molecular weight excluding hydrogens is 310 g/mol. The lowest BCUT2D eigenvalue weighted by Crippen LogP contribution is -1.91. The van der Waals surface area contributed by atoms with E-state index in [2.05, 4.69) is 0 Å². The minimum atomic E-state index is 0.545. The van der Waals surface area contributed by atoms with E-state index >= 15 is 0 Å². The first-order valence-electron chi connectivity index (χ1n) is 5.36. The first-order valence-corrected chi connectivity index (χ1v) is 6.87. The van der Waals surface area contributed by atoms with Gasteiger partial charge in [-0.2, -0.15) is 0 Å². The fraction of sp³-hybridized carbons (Fsp3) is 0.143. The fourth-order valence-corrected chi connectivity index (χ4v) is 2.48. The van der Waals surface area contributed by atoms with Crippen LogP contribution >= 0.6 is 46.4 Å². The van der Waals surface area contributed by atoms with E-state index in [1.165, 1.54) is 0 Å². The molecule has 0 nitrogen and oxygen atoms in total. The zero-order chi connectivity index (χ0) is 13.3. The predicted molar refractivity (Wildman–Crippen MR) is 80.5 cm³/mol. The predicted octanol–water partition coefficient (Wildman–Crippen LogP) is 6.20. The lowest BCUT2D eigenvalue weighted by atomic mass is 10.0. The fourth-order valence-electron chi connectivity index (χ4n) is 1.69. The van der Waals surface area contributed by atoms with Crippen LogP contribution in [0.25, 0.3) is 0 Å². The van der Waals surface area contributed by atoms with Crippen molar-refractivity contribution >= 4 is 46.4 Å². The summed E-state index contributed by atoms with van der Waals surface area (Å²) < 4.78 is 0. The number of benzene rings is 2. The van der Waals surface area contributed by atoms with E-state index in [4.69, 9.17) is 46.4 Å². The van der Waals surface area contributed by atoms with Gasteiger partial charge in [-0.1, -0.05) is 52.5 Å². The van der Waals surface area contributed by atoms with E-state index in [-0.39, 0.29) is 0 Å². The molecule has 0 aliphatic rings. The van der Waals surface area contributed by atoms with Crippen LogP contribution in [0.2, 0.25) is 20.1 Å². The van der Waals surface area contributed by atoms with Gasteiger partial charge < -0.3 is 0 Å². The molecule has 18 heavy (non-hydrogen) atoms. The van der Waals surface area contributed by atoms with Crippen molar-refractivity contribution < 1.29 is 0 Å². The molecule has 0 aromatic heterocycles. The third-order valence-corrected chi connectivity index (χ3v) is 4.20. The Labute approximate surface area is 126 Å². The molecule has 0 atom stereocenters. The summed E-state index contributed by atoms with van der Waals surface area (Å²) in [5.74, 6) is 0. The molecule has 0 aliphatic heterocycles. The summed E-state index contributed by atoms with van der Waals surface area (Å²) in [6, 6.07) is 9.31. The highest BCUT2D eigenvalue weighted by Gasteiger charge is 2.07. The second kappa shape index (κ2) is 5.71. The molecule has 94 valence electrons. The van der Waals surface area contributed by atoms with Crippen molar-refractivity contribution in [3.63, 3.8) is 0 Å². The molecule has 0 fully saturated rings. The maximum absolute atomic E-state index is 6.20. The van der Waals surface area contributed by atoms with Crippen LogP contribution in [-0.2, 0) is 6.42 Å². The number of hydrogen-bond donors (Lipinski definition) is 0. The molecule has 2 rings (SSSR count). The van der Waals surface area contributed by atoms with E-state index in [9.17, 15) is 0 Å². The van der Waals surface area contributed by atoms with Crippen molar-refractivity contribution in [3.05, 3.63) is 67.1 Å². The Morgan fingerprint density at radius 3 is 2.17 bits per heavy atom. The molecule has 0 saturated carbocycles. The van der Waals surface area contributed by atoms with Crippen LogP contribution in [0.3, 0.4) is 0 Å². The van der Waals surface area contributed by atoms with Gasteiger partial charge in [-0.05, 0) is 54.3 Å². The van der Waals surface area contributed by atoms with E-state index in [1.807, 2.05) is 31.2 Å². The van der Waals surface area contributed by atoms with Crippen molar-refractivity contribution in [1.29, 1.82) is 0 Å². The van der Waals surface area contributed by atoms with Crippen LogP contribution in [0.1, 0.15) is 16.7 Å². The zero-order valence-corrected chi connectivity index (χ0v) is 12.6. The third-order valence-electron chi connectivity index (χ3n) is 2.71. The highest BCUT2D eigenvalue weighted by atomic mass is 35.5. The summed E-state index contributed by atoms with van der Waals surface area (Å²) in [4.78, 5) is 0. The summed E-state index contributed by atoms with van der Waals surface area (Å²) in [6.45, 7) is 1.93. The molecule has 0 saturated heterocycles. The molecule has 2 aromatic rings. The SMILES string of the molecule is Cc1cc(Cl)c(Cc2ccc(Cl)c(Cl)c2)cc1Cl. The summed E-state index contributed by atoms with van der Waals surface area (Å²) in [7, 11) is 0. The van der Waals surface area contributed by atoms with E-state index in [0.29, 0.717) is 21.5 Å². The minimum Gasteiger partial charge on any atom is -0.0840 e. The van der Waals surface area contributed by atoms with Crippen LogP contribution in [0.5, 0.6) is 0 Å². The van der Waals surface area contributed by atoms with Crippen LogP contribution in [0.15, 0.2) is 30.3 Å². The van der Waals surface area contributed by atoms with Gasteiger partial charge in [-0.3, -0.25) is 0 Å². The number of hydrogen-bond acceptors (Lipinski definition) is 0. The van der Waals surface area contributed by atoms with Crippen LogP contribution in [0, 0.1) is 6.92 Å². The first kappa shape index (κ1) is 14.0. The van der Waals surface area contributed by atoms with Gasteiger partial charge >= 0.3 is 0 Å². The molecule has 0 spiro atoms. The van der Waals surface area contributed by atoms with Crippen LogP contribution in [0.4, 0.5) is 0 Å². The summed E-state index contributed by atoms with van der Waals surface area (Å²) in [5.41, 5.74) is 3.00. The lowest BCUT2D eigenvalue weighted by molar-refractivity contribution is 1.19. The topological polar surface area (TPSA) is 0 Å². The smallest absolute Gasteiger partial charge is 0.0595 e. The van der Waals surface area contributed by atoms with Crippen molar-refractivity contribution in [2.45, 2.75) is 13.3 Å². The summed E-state index contributed by atoms with van der Waals surface area (Å²) >= 11 is 24.2. The van der Waals surface area contributed by atoms with Crippen LogP contribution in [-0.4, -0.2) is 0 Å². The van der Waals surface area contributed by atoms with Gasteiger partial charge in [0, 0.05) is 10.0 Å². The number of aryl methyl sites for hydroxylation is 1. The minimum absolute atomic E-state index is 0.545. The molecule has 0 unspecified atom stereocenters. The van der Waals surface area contributed by atoms with Gasteiger partial charge in [0.2, 0.25) is 0 Å². The average Bonchev–Trinajstić information content (AvgIpc) is 2.31. The van der Waals surface area contributed by atoms with Gasteiger partial charge in [0.05, 0.1) is 10.0 Å². The van der Waals surface area contributed by atoms with Crippen molar-refractivity contribution in [2.75, 3.05) is 0 Å². The Bertz CT molecular complexity index is 591. The van der Waals surface area contributed by atoms with Gasteiger partial charge in [-0.15, -0.1) is 0 Å². The Morgan fingerprint density at radius 2 is 1.50 bits per heavy atom. The monoisotopic (exact) mass is 318 g/mol. The Morgan fingerprint density at radius 1 is 0.778 bits per heavy atom. The molecule has 2 aromatic carbocycles. The Kier molecular flexibility index (Phi) is 4.45. The third kappa shape index (κ3) is 3.13. The van der Waals surface area contributed by atoms with Crippen molar-refractivity contribution in [2.24, 2.45) is 0 Å². The highest BCUT2D eigenvalue weighted by Crippen LogP contribution is 2.28. The zero-order valence-electron chi connectivity index (χ0n) is 9.61. The second-order valence-electron chi connectivity index (χ2n) is 4.12. The summed E-state index contributed by atoms with van der Waals surface area (Å²) in [5, 5.41) is 2.52. The number of halogens is 4. The molecule has 0 radical (unpaired) electrons. The van der Waals surface area contributed by atoms with Gasteiger partial charge in [0.25, 0.3) is 0 Å². The summed E-state index contributed by atoms with van der Waals surface area (Å²) in [6.07, 6.45) is 0.676. The van der Waals surface area contributed by atoms with Crippen molar-refractivity contribution in [1.82, 2.24) is 0 Å². The van der Waals surface area contributed by atoms with E-state index in [1.54, 1.807) is 6.07 Å². The van der Waals surface area contributed by atoms with Gasteiger partial charge in [0.15, 0.2) is 0 Å². The molecule has 0 heterocycles. The molecule has 0 bridgehead atoms. The Hall–Kier alpha value is -0.400. The van der Waals surface area contributed by atoms with Gasteiger partial charge in [-0.25, -0.2) is 0 Å². The second-order valence-corrected chi connectivity index (χ2v) is 5.75. The number of rotatable bonds is 2. The van der Waals surface area contributed by atoms with E-state index < -0.39 is 0 Å². The highest BCUT2D eigenvalue weighted by molar-refractivity contribution is 6.42. The average molecular weight is 320 g/mol. The Balaban J connectivity index is 2.34. The lowest BCUT2D eigenvalue weighted by Gasteiger charge is -2.08.